The van der Waals surface area contributed by atoms with Crippen molar-refractivity contribution in [2.45, 2.75) is 38.6 Å². The second-order valence-electron chi connectivity index (χ2n) is 8.83. The van der Waals surface area contributed by atoms with Crippen LogP contribution in [0.5, 0.6) is 5.75 Å². The number of aryl methyl sites for hydroxylation is 1. The third-order valence-corrected chi connectivity index (χ3v) is 5.98. The molecule has 3 aromatic carbocycles. The standard InChI is InChI=1S/C27H23F3N2O4/c1-26(2,19-8-4-3-5-9-19)24-25(35)32(14-13-23(33)34)22-16-18(11-12-21(22)31-24)17-7-6-10-20(15-17)36-27(28,29)30/h3-12,15-16H,13-14H2,1-2H3,(H,33,34). The molecule has 0 unspecified atom stereocenters. The molecule has 0 aliphatic carbocycles. The van der Waals surface area contributed by atoms with Gasteiger partial charge in [-0.1, -0.05) is 48.5 Å². The second-order valence-corrected chi connectivity index (χ2v) is 8.83. The molecule has 6 nitrogen and oxygen atoms in total. The highest BCUT2D eigenvalue weighted by atomic mass is 19.4. The molecule has 1 aromatic heterocycles. The van der Waals surface area contributed by atoms with Gasteiger partial charge in [-0.3, -0.25) is 9.59 Å². The number of carboxylic acids is 1. The number of halogens is 3. The van der Waals surface area contributed by atoms with Crippen molar-refractivity contribution in [2.75, 3.05) is 0 Å². The Bertz CT molecular complexity index is 1480. The van der Waals surface area contributed by atoms with Crippen LogP contribution in [-0.2, 0) is 16.8 Å². The van der Waals surface area contributed by atoms with E-state index in [1.807, 2.05) is 44.2 Å². The molecule has 4 aromatic rings. The zero-order chi connectivity index (χ0) is 26.1. The van der Waals surface area contributed by atoms with E-state index in [0.717, 1.165) is 5.56 Å². The highest BCUT2D eigenvalue weighted by Gasteiger charge is 2.31. The first-order valence-corrected chi connectivity index (χ1v) is 11.1. The summed E-state index contributed by atoms with van der Waals surface area (Å²) >= 11 is 0. The highest BCUT2D eigenvalue weighted by Crippen LogP contribution is 2.32. The number of fused-ring (bicyclic) bond motifs is 1. The number of benzene rings is 3. The van der Waals surface area contributed by atoms with Gasteiger partial charge in [-0.2, -0.15) is 0 Å². The number of hydrogen-bond donors (Lipinski definition) is 1. The number of aromatic nitrogens is 2. The van der Waals surface area contributed by atoms with E-state index in [9.17, 15) is 27.9 Å². The Morgan fingerprint density at radius 1 is 0.972 bits per heavy atom. The normalized spacial score (nSPS) is 12.0. The van der Waals surface area contributed by atoms with E-state index in [0.29, 0.717) is 22.2 Å². The lowest BCUT2D eigenvalue weighted by Gasteiger charge is -2.25. The summed E-state index contributed by atoms with van der Waals surface area (Å²) in [5.41, 5.74) is 1.75. The molecule has 1 N–H and O–H groups in total. The Morgan fingerprint density at radius 2 is 1.67 bits per heavy atom. The summed E-state index contributed by atoms with van der Waals surface area (Å²) in [6, 6.07) is 19.9. The lowest BCUT2D eigenvalue weighted by Crippen LogP contribution is -2.35. The number of aliphatic carboxylic acids is 1. The van der Waals surface area contributed by atoms with Crippen molar-refractivity contribution in [3.8, 4) is 16.9 Å². The lowest BCUT2D eigenvalue weighted by atomic mass is 9.81. The van der Waals surface area contributed by atoms with Crippen molar-refractivity contribution < 1.29 is 27.8 Å². The first kappa shape index (κ1) is 25.0. The summed E-state index contributed by atoms with van der Waals surface area (Å²) in [5, 5.41) is 9.26. The Labute approximate surface area is 204 Å². The quantitative estimate of drug-likeness (QED) is 0.352. The number of alkyl halides is 3. The molecule has 0 amide bonds. The zero-order valence-electron chi connectivity index (χ0n) is 19.5. The average molecular weight is 496 g/mol. The van der Waals surface area contributed by atoms with Crippen molar-refractivity contribution >= 4 is 17.0 Å². The molecule has 36 heavy (non-hydrogen) atoms. The van der Waals surface area contributed by atoms with E-state index in [2.05, 4.69) is 9.72 Å². The van der Waals surface area contributed by atoms with Crippen LogP contribution in [-0.4, -0.2) is 27.0 Å². The summed E-state index contributed by atoms with van der Waals surface area (Å²) < 4.78 is 43.4. The van der Waals surface area contributed by atoms with Crippen LogP contribution in [0.4, 0.5) is 13.2 Å². The highest BCUT2D eigenvalue weighted by molar-refractivity contribution is 5.82. The van der Waals surface area contributed by atoms with Gasteiger partial charge in [0.15, 0.2) is 0 Å². The van der Waals surface area contributed by atoms with Gasteiger partial charge in [0.05, 0.1) is 17.5 Å². The van der Waals surface area contributed by atoms with Crippen molar-refractivity contribution in [3.63, 3.8) is 0 Å². The summed E-state index contributed by atoms with van der Waals surface area (Å²) in [4.78, 5) is 29.6. The number of carboxylic acid groups (broad SMARTS) is 1. The molecule has 0 spiro atoms. The predicted octanol–water partition coefficient (Wildman–Crippen LogP) is 5.76. The maximum atomic E-state index is 13.6. The third-order valence-electron chi connectivity index (χ3n) is 5.98. The Balaban J connectivity index is 1.88. The molecule has 186 valence electrons. The van der Waals surface area contributed by atoms with Gasteiger partial charge in [0.2, 0.25) is 0 Å². The molecule has 9 heteroatoms. The molecule has 0 aliphatic heterocycles. The van der Waals surface area contributed by atoms with Gasteiger partial charge in [-0.15, -0.1) is 13.2 Å². The van der Waals surface area contributed by atoms with Gasteiger partial charge in [0.25, 0.3) is 5.56 Å². The van der Waals surface area contributed by atoms with E-state index in [4.69, 9.17) is 0 Å². The van der Waals surface area contributed by atoms with Crippen LogP contribution in [0.1, 0.15) is 31.5 Å². The first-order chi connectivity index (χ1) is 17.0. The maximum Gasteiger partial charge on any atom is 0.573 e. The molecular formula is C27H23F3N2O4. The molecule has 0 fully saturated rings. The van der Waals surface area contributed by atoms with Crippen LogP contribution < -0.4 is 10.3 Å². The van der Waals surface area contributed by atoms with Crippen LogP contribution >= 0.6 is 0 Å². The molecule has 0 atom stereocenters. The van der Waals surface area contributed by atoms with Gasteiger partial charge in [-0.25, -0.2) is 4.98 Å². The number of rotatable bonds is 7. The van der Waals surface area contributed by atoms with Crippen LogP contribution in [0.2, 0.25) is 0 Å². The van der Waals surface area contributed by atoms with E-state index in [1.165, 1.54) is 22.8 Å². The summed E-state index contributed by atoms with van der Waals surface area (Å²) in [6.07, 6.45) is -5.12. The van der Waals surface area contributed by atoms with Crippen molar-refractivity contribution in [3.05, 3.63) is 94.4 Å². The second kappa shape index (κ2) is 9.49. The fraction of sp³-hybridized carbons (Fsp3) is 0.222. The fourth-order valence-electron chi connectivity index (χ4n) is 4.12. The summed E-state index contributed by atoms with van der Waals surface area (Å²) in [5.74, 6) is -1.44. The van der Waals surface area contributed by atoms with Crippen molar-refractivity contribution in [1.82, 2.24) is 9.55 Å². The topological polar surface area (TPSA) is 81.4 Å². The molecule has 0 radical (unpaired) electrons. The van der Waals surface area contributed by atoms with Crippen LogP contribution in [0, 0.1) is 0 Å². The number of nitrogens with zero attached hydrogens (tertiary/aromatic N) is 2. The fourth-order valence-corrected chi connectivity index (χ4v) is 4.12. The van der Waals surface area contributed by atoms with E-state index >= 15 is 0 Å². The van der Waals surface area contributed by atoms with Crippen LogP contribution in [0.15, 0.2) is 77.6 Å². The van der Waals surface area contributed by atoms with Gasteiger partial charge in [0.1, 0.15) is 11.4 Å². The van der Waals surface area contributed by atoms with E-state index < -0.39 is 23.3 Å². The molecule has 0 bridgehead atoms. The Hall–Kier alpha value is -4.14. The number of ether oxygens (including phenoxy) is 1. The molecule has 0 aliphatic rings. The average Bonchev–Trinajstić information content (AvgIpc) is 2.82. The lowest BCUT2D eigenvalue weighted by molar-refractivity contribution is -0.274. The number of carbonyl (C=O) groups is 1. The molecule has 1 heterocycles. The Kier molecular flexibility index (Phi) is 6.58. The van der Waals surface area contributed by atoms with Crippen molar-refractivity contribution in [1.29, 1.82) is 0 Å². The van der Waals surface area contributed by atoms with Gasteiger partial charge in [-0.05, 0) is 54.8 Å². The van der Waals surface area contributed by atoms with E-state index in [1.54, 1.807) is 24.3 Å². The van der Waals surface area contributed by atoms with Crippen molar-refractivity contribution in [2.24, 2.45) is 0 Å². The SMILES string of the molecule is CC(C)(c1ccccc1)c1nc2ccc(-c3cccc(OC(F)(F)F)c3)cc2n(CCC(=O)O)c1=O. The third kappa shape index (κ3) is 5.25. The van der Waals surface area contributed by atoms with Gasteiger partial charge >= 0.3 is 12.3 Å². The van der Waals surface area contributed by atoms with Gasteiger partial charge < -0.3 is 14.4 Å². The Morgan fingerprint density at radius 3 is 2.33 bits per heavy atom. The summed E-state index contributed by atoms with van der Waals surface area (Å²) in [6.45, 7) is 3.66. The van der Waals surface area contributed by atoms with Crippen LogP contribution in [0.3, 0.4) is 0 Å². The minimum Gasteiger partial charge on any atom is -0.481 e. The molecule has 4 rings (SSSR count). The predicted molar refractivity (Wildman–Crippen MR) is 129 cm³/mol. The minimum absolute atomic E-state index is 0.0915. The summed E-state index contributed by atoms with van der Waals surface area (Å²) in [7, 11) is 0. The molecule has 0 saturated heterocycles. The number of hydrogen-bond acceptors (Lipinski definition) is 4. The monoisotopic (exact) mass is 496 g/mol. The van der Waals surface area contributed by atoms with Gasteiger partial charge in [0, 0.05) is 12.0 Å². The molecule has 0 saturated carbocycles. The smallest absolute Gasteiger partial charge is 0.481 e. The van der Waals surface area contributed by atoms with E-state index in [-0.39, 0.29) is 24.4 Å². The maximum absolute atomic E-state index is 13.6. The largest absolute Gasteiger partial charge is 0.573 e. The van der Waals surface area contributed by atoms with Crippen LogP contribution in [0.25, 0.3) is 22.2 Å². The minimum atomic E-state index is -4.83. The first-order valence-electron chi connectivity index (χ1n) is 11.1. The zero-order valence-corrected chi connectivity index (χ0v) is 19.5. The molecular weight excluding hydrogens is 473 g/mol.